The molecular formula is C28H38ClN5O2. The molecule has 0 spiro atoms. The van der Waals surface area contributed by atoms with Crippen molar-refractivity contribution >= 4 is 35.6 Å². The van der Waals surface area contributed by atoms with Gasteiger partial charge in [0.25, 0.3) is 0 Å². The van der Waals surface area contributed by atoms with Crippen molar-refractivity contribution in [1.82, 2.24) is 15.3 Å². The van der Waals surface area contributed by atoms with Crippen molar-refractivity contribution in [3.63, 3.8) is 0 Å². The molecule has 36 heavy (non-hydrogen) atoms. The summed E-state index contributed by atoms with van der Waals surface area (Å²) < 4.78 is 0. The molecule has 0 atom stereocenters. The molecule has 0 unspecified atom stereocenters. The second kappa shape index (κ2) is 17.1. The van der Waals surface area contributed by atoms with Crippen LogP contribution in [0, 0.1) is 12.8 Å². The fraction of sp³-hybridized carbons (Fsp3) is 0.357. The van der Waals surface area contributed by atoms with Gasteiger partial charge < -0.3 is 16.0 Å². The number of aryl methyl sites for hydroxylation is 1. The molecule has 0 bridgehead atoms. The van der Waals surface area contributed by atoms with Gasteiger partial charge in [-0.15, -0.1) is 0 Å². The van der Waals surface area contributed by atoms with Crippen molar-refractivity contribution in [1.29, 1.82) is 0 Å². The van der Waals surface area contributed by atoms with E-state index in [0.717, 1.165) is 17.0 Å². The molecule has 7 nitrogen and oxygen atoms in total. The van der Waals surface area contributed by atoms with Crippen LogP contribution in [0.4, 0.5) is 11.8 Å². The maximum atomic E-state index is 12.1. The molecule has 194 valence electrons. The van der Waals surface area contributed by atoms with Crippen molar-refractivity contribution in [2.45, 2.75) is 54.6 Å². The monoisotopic (exact) mass is 511 g/mol. The molecule has 3 aromatic rings. The second-order valence-electron chi connectivity index (χ2n) is 8.45. The van der Waals surface area contributed by atoms with Gasteiger partial charge in [-0.1, -0.05) is 88.2 Å². The summed E-state index contributed by atoms with van der Waals surface area (Å²) in [4.78, 5) is 31.8. The summed E-state index contributed by atoms with van der Waals surface area (Å²) in [5.41, 5.74) is 3.35. The molecule has 0 aliphatic heterocycles. The fourth-order valence-corrected chi connectivity index (χ4v) is 2.88. The molecular weight excluding hydrogens is 474 g/mol. The van der Waals surface area contributed by atoms with Crippen molar-refractivity contribution < 1.29 is 9.59 Å². The first-order valence-electron chi connectivity index (χ1n) is 12.1. The van der Waals surface area contributed by atoms with Gasteiger partial charge in [0.05, 0.1) is 6.54 Å². The Kier molecular flexibility index (Phi) is 14.5. The Hall–Kier alpha value is -3.45. The number of aromatic nitrogens is 2. The van der Waals surface area contributed by atoms with Gasteiger partial charge in [0, 0.05) is 24.2 Å². The number of halogens is 1. The molecule has 0 radical (unpaired) electrons. The van der Waals surface area contributed by atoms with Crippen molar-refractivity contribution in [3.05, 3.63) is 82.0 Å². The number of anilines is 2. The number of amides is 1. The predicted molar refractivity (Wildman–Crippen MR) is 150 cm³/mol. The van der Waals surface area contributed by atoms with Gasteiger partial charge in [-0.2, -0.15) is 4.98 Å². The first-order chi connectivity index (χ1) is 17.2. The number of hydrogen-bond acceptors (Lipinski definition) is 6. The minimum Gasteiger partial charge on any atom is -0.361 e. The van der Waals surface area contributed by atoms with Crippen molar-refractivity contribution in [2.75, 3.05) is 17.2 Å². The lowest BCUT2D eigenvalue weighted by molar-refractivity contribution is -0.119. The molecule has 3 N–H and O–H groups in total. The Morgan fingerprint density at radius 2 is 1.61 bits per heavy atom. The lowest BCUT2D eigenvalue weighted by Gasteiger charge is -2.10. The van der Waals surface area contributed by atoms with Gasteiger partial charge in [-0.3, -0.25) is 9.59 Å². The highest BCUT2D eigenvalue weighted by Gasteiger charge is 2.07. The van der Waals surface area contributed by atoms with Crippen LogP contribution in [0.25, 0.3) is 0 Å². The van der Waals surface area contributed by atoms with E-state index in [1.807, 2.05) is 63.2 Å². The van der Waals surface area contributed by atoms with E-state index in [0.29, 0.717) is 30.2 Å². The number of benzene rings is 2. The Morgan fingerprint density at radius 3 is 2.22 bits per heavy atom. The van der Waals surface area contributed by atoms with Crippen LogP contribution in [0.2, 0.25) is 5.02 Å². The maximum absolute atomic E-state index is 12.1. The Balaban J connectivity index is 0.000000982. The predicted octanol–water partition coefficient (Wildman–Crippen LogP) is 6.28. The number of aldehydes is 1. The molecule has 0 fully saturated rings. The van der Waals surface area contributed by atoms with E-state index in [2.05, 4.69) is 46.7 Å². The third-order valence-electron chi connectivity index (χ3n) is 4.25. The lowest BCUT2D eigenvalue weighted by atomic mass is 10.1. The van der Waals surface area contributed by atoms with Crippen LogP contribution in [0.15, 0.2) is 54.6 Å². The number of carbonyl (C=O) groups is 2. The Morgan fingerprint density at radius 1 is 0.944 bits per heavy atom. The van der Waals surface area contributed by atoms with Crippen LogP contribution in [0.5, 0.6) is 0 Å². The highest BCUT2D eigenvalue weighted by atomic mass is 35.5. The summed E-state index contributed by atoms with van der Waals surface area (Å²) in [6.45, 7) is 13.4. The molecule has 3 rings (SSSR count). The van der Waals surface area contributed by atoms with E-state index in [4.69, 9.17) is 11.6 Å². The van der Waals surface area contributed by atoms with E-state index < -0.39 is 0 Å². The average Bonchev–Trinajstić information content (AvgIpc) is 2.86. The van der Waals surface area contributed by atoms with Gasteiger partial charge >= 0.3 is 0 Å². The highest BCUT2D eigenvalue weighted by molar-refractivity contribution is 6.30. The van der Waals surface area contributed by atoms with Crippen LogP contribution in [0.1, 0.15) is 61.8 Å². The maximum Gasteiger partial charge on any atom is 0.239 e. The fourth-order valence-electron chi connectivity index (χ4n) is 2.66. The quantitative estimate of drug-likeness (QED) is 0.292. The molecule has 2 aromatic carbocycles. The number of carbonyl (C=O) groups excluding carboxylic acids is 2. The summed E-state index contributed by atoms with van der Waals surface area (Å²) in [7, 11) is 0. The second-order valence-corrected chi connectivity index (χ2v) is 8.89. The zero-order valence-corrected chi connectivity index (χ0v) is 22.8. The Labute approximate surface area is 220 Å². The standard InChI is InChI=1S/C22H22ClN5O2.C4H10.C2H6/c1-15-5-7-16(8-6-15)11-25-21(30)13-24-20-10-19(14-29)27-22(28-20)26-12-17-3-2-4-18(23)9-17;1-4(2)3;1-2/h2-10,14H,11-13H2,1H3,(H,25,30)(H2,24,26,27,28);4H,1-3H3;1-2H3. The van der Waals surface area contributed by atoms with Gasteiger partial charge in [0.1, 0.15) is 11.5 Å². The van der Waals surface area contributed by atoms with Crippen LogP contribution < -0.4 is 16.0 Å². The van der Waals surface area contributed by atoms with Crippen LogP contribution >= 0.6 is 11.6 Å². The minimum absolute atomic E-state index is 0.0227. The zero-order chi connectivity index (χ0) is 26.9. The minimum atomic E-state index is -0.185. The smallest absolute Gasteiger partial charge is 0.239 e. The van der Waals surface area contributed by atoms with E-state index in [1.54, 1.807) is 6.07 Å². The molecule has 0 saturated carbocycles. The third kappa shape index (κ3) is 12.9. The Bertz CT molecular complexity index is 1070. The normalized spacial score (nSPS) is 9.78. The lowest BCUT2D eigenvalue weighted by Crippen LogP contribution is -2.29. The number of hydrogen-bond donors (Lipinski definition) is 3. The molecule has 8 heteroatoms. The highest BCUT2D eigenvalue weighted by Crippen LogP contribution is 2.13. The van der Waals surface area contributed by atoms with Gasteiger partial charge in [-0.05, 0) is 36.1 Å². The van der Waals surface area contributed by atoms with Gasteiger partial charge in [0.2, 0.25) is 11.9 Å². The van der Waals surface area contributed by atoms with Crippen molar-refractivity contribution in [2.24, 2.45) is 5.92 Å². The van der Waals surface area contributed by atoms with Gasteiger partial charge in [-0.25, -0.2) is 4.98 Å². The van der Waals surface area contributed by atoms with E-state index in [9.17, 15) is 9.59 Å². The average molecular weight is 512 g/mol. The van der Waals surface area contributed by atoms with Crippen LogP contribution in [-0.2, 0) is 17.9 Å². The summed E-state index contributed by atoms with van der Waals surface area (Å²) in [6.07, 6.45) is 0.634. The van der Waals surface area contributed by atoms with E-state index in [1.165, 1.54) is 11.6 Å². The zero-order valence-electron chi connectivity index (χ0n) is 22.1. The number of rotatable bonds is 9. The first kappa shape index (κ1) is 30.6. The molecule has 1 aromatic heterocycles. The van der Waals surface area contributed by atoms with E-state index in [-0.39, 0.29) is 24.1 Å². The summed E-state index contributed by atoms with van der Waals surface area (Å²) in [5.74, 6) is 1.31. The van der Waals surface area contributed by atoms with Gasteiger partial charge in [0.15, 0.2) is 6.29 Å². The molecule has 1 amide bonds. The van der Waals surface area contributed by atoms with E-state index >= 15 is 0 Å². The molecule has 0 aliphatic rings. The largest absolute Gasteiger partial charge is 0.361 e. The SMILES string of the molecule is CC.CC(C)C.Cc1ccc(CNC(=O)CNc2cc(C=O)nc(NCc3cccc(Cl)c3)n2)cc1. The third-order valence-corrected chi connectivity index (χ3v) is 4.48. The molecule has 0 saturated heterocycles. The summed E-state index contributed by atoms with van der Waals surface area (Å²) in [6, 6.07) is 16.8. The summed E-state index contributed by atoms with van der Waals surface area (Å²) >= 11 is 5.99. The summed E-state index contributed by atoms with van der Waals surface area (Å²) in [5, 5.41) is 9.47. The van der Waals surface area contributed by atoms with Crippen LogP contribution in [0.3, 0.4) is 0 Å². The first-order valence-corrected chi connectivity index (χ1v) is 12.5. The number of nitrogens with one attached hydrogen (secondary N) is 3. The van der Waals surface area contributed by atoms with Crippen LogP contribution in [-0.4, -0.2) is 28.7 Å². The number of nitrogens with zero attached hydrogens (tertiary/aromatic N) is 2. The molecule has 1 heterocycles. The molecule has 0 aliphatic carbocycles. The van der Waals surface area contributed by atoms with Crippen molar-refractivity contribution in [3.8, 4) is 0 Å². The topological polar surface area (TPSA) is 96.0 Å².